The normalized spacial score (nSPS) is 7.09. The summed E-state index contributed by atoms with van der Waals surface area (Å²) in [5, 5.41) is 7.42. The van der Waals surface area contributed by atoms with Crippen molar-refractivity contribution < 1.29 is 33.2 Å². The van der Waals surface area contributed by atoms with Crippen LogP contribution in [-0.2, 0) is 4.79 Å². The quantitative estimate of drug-likeness (QED) is 0.338. The molecule has 0 fully saturated rings. The number of nitrogens with zero attached hydrogens (tertiary/aromatic N) is 1. The maximum atomic E-state index is 9.00. The molecule has 0 aliphatic rings. The van der Waals surface area contributed by atoms with Crippen LogP contribution in [0, 0.1) is 13.3 Å². The van der Waals surface area contributed by atoms with Crippen LogP contribution in [0.15, 0.2) is 10.6 Å². The number of carboxylic acid groups (broad SMARTS) is 1. The summed E-state index contributed by atoms with van der Waals surface area (Å²) in [4.78, 5) is 12.5. The van der Waals surface area contributed by atoms with Crippen molar-refractivity contribution in [1.29, 1.82) is 0 Å². The standard InChI is InChI=1S/C4H4NO.C2H4O2.Li/c1-4-2-5-3-6-4;1-2(3)4;/h2H,1H3;1H3,(H,3,4);/q-1;;+1. The first kappa shape index (κ1) is 12.9. The summed E-state index contributed by atoms with van der Waals surface area (Å²) in [6.45, 7) is 2.91. The van der Waals surface area contributed by atoms with Crippen LogP contribution in [0.3, 0.4) is 0 Å². The second kappa shape index (κ2) is 7.39. The van der Waals surface area contributed by atoms with Crippen molar-refractivity contribution in [2.75, 3.05) is 0 Å². The molecule has 0 aliphatic heterocycles. The van der Waals surface area contributed by atoms with Crippen LogP contribution >= 0.6 is 0 Å². The molecule has 0 aromatic carbocycles. The molecular formula is C6H8LiNO3. The van der Waals surface area contributed by atoms with Crippen LogP contribution in [0.1, 0.15) is 12.7 Å². The molecular weight excluding hydrogens is 141 g/mol. The number of carboxylic acids is 1. The molecule has 0 amide bonds. The summed E-state index contributed by atoms with van der Waals surface area (Å²) in [5.41, 5.74) is 0. The fraction of sp³-hybridized carbons (Fsp3) is 0.333. The fourth-order valence-electron chi connectivity index (χ4n) is 0.242. The summed E-state index contributed by atoms with van der Waals surface area (Å²) in [7, 11) is 0. The maximum absolute atomic E-state index is 9.00. The zero-order valence-electron chi connectivity index (χ0n) is 6.79. The summed E-state index contributed by atoms with van der Waals surface area (Å²) in [6, 6.07) is 0. The molecule has 1 heterocycles. The minimum absolute atomic E-state index is 0. The Hall–Kier alpha value is -0.723. The minimum Gasteiger partial charge on any atom is -0.578 e. The van der Waals surface area contributed by atoms with Gasteiger partial charge in [-0.15, -0.1) is 0 Å². The van der Waals surface area contributed by atoms with E-state index in [1.807, 2.05) is 6.92 Å². The van der Waals surface area contributed by atoms with Crippen molar-refractivity contribution in [2.45, 2.75) is 13.8 Å². The van der Waals surface area contributed by atoms with Crippen LogP contribution < -0.4 is 18.9 Å². The molecule has 0 saturated carbocycles. The van der Waals surface area contributed by atoms with E-state index in [9.17, 15) is 0 Å². The average Bonchev–Trinajstić information content (AvgIpc) is 2.15. The number of aryl methyl sites for hydroxylation is 1. The number of aromatic nitrogens is 1. The van der Waals surface area contributed by atoms with Gasteiger partial charge in [0.1, 0.15) is 6.39 Å². The molecule has 5 heteroatoms. The van der Waals surface area contributed by atoms with E-state index in [0.717, 1.165) is 12.7 Å². The van der Waals surface area contributed by atoms with Gasteiger partial charge in [-0.05, 0) is 5.76 Å². The fourth-order valence-corrected chi connectivity index (χ4v) is 0.242. The molecule has 0 spiro atoms. The van der Waals surface area contributed by atoms with Gasteiger partial charge in [0.2, 0.25) is 0 Å². The van der Waals surface area contributed by atoms with Gasteiger partial charge in [-0.1, -0.05) is 13.1 Å². The van der Waals surface area contributed by atoms with Crippen LogP contribution in [-0.4, -0.2) is 16.1 Å². The summed E-state index contributed by atoms with van der Waals surface area (Å²) < 4.78 is 4.60. The van der Waals surface area contributed by atoms with Crippen molar-refractivity contribution >= 4 is 5.97 Å². The van der Waals surface area contributed by atoms with Crippen LogP contribution in [0.25, 0.3) is 0 Å². The number of rotatable bonds is 0. The van der Waals surface area contributed by atoms with Gasteiger partial charge in [0.05, 0.1) is 0 Å². The predicted octanol–water partition coefficient (Wildman–Crippen LogP) is -2.12. The Morgan fingerprint density at radius 1 is 1.82 bits per heavy atom. The van der Waals surface area contributed by atoms with Crippen molar-refractivity contribution in [3.8, 4) is 0 Å². The first-order valence-electron chi connectivity index (χ1n) is 2.61. The molecule has 11 heavy (non-hydrogen) atoms. The van der Waals surface area contributed by atoms with Crippen molar-refractivity contribution in [2.24, 2.45) is 0 Å². The number of aliphatic carboxylic acids is 1. The van der Waals surface area contributed by atoms with Gasteiger partial charge in [-0.2, -0.15) is 0 Å². The zero-order valence-corrected chi connectivity index (χ0v) is 6.79. The molecule has 1 rings (SSSR count). The Kier molecular flexibility index (Phi) is 8.67. The molecule has 0 radical (unpaired) electrons. The Balaban J connectivity index is 0. The smallest absolute Gasteiger partial charge is 0.578 e. The van der Waals surface area contributed by atoms with E-state index < -0.39 is 5.97 Å². The molecule has 0 saturated heterocycles. The zero-order chi connectivity index (χ0) is 7.98. The van der Waals surface area contributed by atoms with Crippen LogP contribution in [0.4, 0.5) is 0 Å². The molecule has 1 aromatic heterocycles. The predicted molar refractivity (Wildman–Crippen MR) is 33.4 cm³/mol. The summed E-state index contributed by atoms with van der Waals surface area (Å²) in [5.74, 6) is -0.0324. The maximum Gasteiger partial charge on any atom is 1.00 e. The average molecular weight is 149 g/mol. The van der Waals surface area contributed by atoms with Crippen molar-refractivity contribution in [1.82, 2.24) is 4.98 Å². The summed E-state index contributed by atoms with van der Waals surface area (Å²) in [6.07, 6.45) is 3.92. The van der Waals surface area contributed by atoms with Gasteiger partial charge in [0.15, 0.2) is 0 Å². The molecule has 1 aromatic rings. The van der Waals surface area contributed by atoms with E-state index in [1.54, 1.807) is 6.20 Å². The first-order valence-corrected chi connectivity index (χ1v) is 2.61. The van der Waals surface area contributed by atoms with Gasteiger partial charge < -0.3 is 14.5 Å². The Morgan fingerprint density at radius 3 is 2.36 bits per heavy atom. The van der Waals surface area contributed by atoms with E-state index in [4.69, 9.17) is 9.90 Å². The number of hydrogen-bond acceptors (Lipinski definition) is 3. The second-order valence-corrected chi connectivity index (χ2v) is 1.58. The van der Waals surface area contributed by atoms with E-state index in [1.165, 1.54) is 0 Å². The topological polar surface area (TPSA) is 63.3 Å². The number of carbonyl (C=O) groups is 1. The monoisotopic (exact) mass is 149 g/mol. The minimum atomic E-state index is -0.833. The molecule has 0 aliphatic carbocycles. The Bertz CT molecular complexity index is 182. The number of hydrogen-bond donors (Lipinski definition) is 1. The third-order valence-corrected chi connectivity index (χ3v) is 0.506. The molecule has 4 nitrogen and oxygen atoms in total. The van der Waals surface area contributed by atoms with Crippen molar-refractivity contribution in [3.63, 3.8) is 0 Å². The largest absolute Gasteiger partial charge is 1.00 e. The van der Waals surface area contributed by atoms with Crippen molar-refractivity contribution in [3.05, 3.63) is 18.4 Å². The molecule has 56 valence electrons. The summed E-state index contributed by atoms with van der Waals surface area (Å²) >= 11 is 0. The van der Waals surface area contributed by atoms with Gasteiger partial charge >= 0.3 is 18.9 Å². The third-order valence-electron chi connectivity index (χ3n) is 0.506. The van der Waals surface area contributed by atoms with Gasteiger partial charge in [0.25, 0.3) is 5.97 Å². The van der Waals surface area contributed by atoms with Gasteiger partial charge in [-0.3, -0.25) is 4.79 Å². The first-order chi connectivity index (χ1) is 4.63. The Labute approximate surface area is 76.8 Å². The third kappa shape index (κ3) is 12.5. The Morgan fingerprint density at radius 2 is 2.27 bits per heavy atom. The molecule has 0 bridgehead atoms. The van der Waals surface area contributed by atoms with Crippen LogP contribution in [0.5, 0.6) is 0 Å². The second-order valence-electron chi connectivity index (χ2n) is 1.58. The van der Waals surface area contributed by atoms with Gasteiger partial charge in [-0.25, -0.2) is 0 Å². The molecule has 0 unspecified atom stereocenters. The molecule has 0 atom stereocenters. The van der Waals surface area contributed by atoms with E-state index >= 15 is 0 Å². The number of oxazole rings is 1. The van der Waals surface area contributed by atoms with Gasteiger partial charge in [0, 0.05) is 6.92 Å². The van der Waals surface area contributed by atoms with Crippen LogP contribution in [0.2, 0.25) is 0 Å². The van der Waals surface area contributed by atoms with E-state index in [-0.39, 0.29) is 18.9 Å². The SMILES string of the molecule is CC(=O)O.Cc1cn[c-]o1.[Li+]. The van der Waals surface area contributed by atoms with E-state index in [2.05, 4.69) is 15.8 Å². The molecule has 1 N–H and O–H groups in total. The van der Waals surface area contributed by atoms with E-state index in [0.29, 0.717) is 0 Å².